The van der Waals surface area contributed by atoms with Crippen molar-refractivity contribution in [3.8, 4) is 0 Å². The van der Waals surface area contributed by atoms with E-state index in [9.17, 15) is 28.8 Å². The number of hydrogen-bond acceptors (Lipinski definition) is 7. The molecule has 0 aliphatic carbocycles. The minimum atomic E-state index is -1.80. The number of nitrogens with one attached hydrogen (secondary N) is 3. The summed E-state index contributed by atoms with van der Waals surface area (Å²) < 4.78 is 0. The second-order valence-electron chi connectivity index (χ2n) is 7.00. The second-order valence-corrected chi connectivity index (χ2v) is 7.00. The predicted octanol–water partition coefficient (Wildman–Crippen LogP) is -1.93. The molecule has 0 bridgehead atoms. The van der Waals surface area contributed by atoms with Gasteiger partial charge in [0.05, 0.1) is 13.0 Å². The van der Waals surface area contributed by atoms with Crippen molar-refractivity contribution in [1.29, 1.82) is 0 Å². The van der Waals surface area contributed by atoms with Crippen molar-refractivity contribution in [3.05, 3.63) is 35.9 Å². The van der Waals surface area contributed by atoms with Crippen molar-refractivity contribution < 1.29 is 44.1 Å². The molecule has 0 radical (unpaired) electrons. The summed E-state index contributed by atoms with van der Waals surface area (Å²) in [6.45, 7) is -0.406. The first-order valence-corrected chi connectivity index (χ1v) is 9.84. The molecule has 0 heterocycles. The average molecular weight is 466 g/mol. The maximum Gasteiger partial charge on any atom is 0.326 e. The molecule has 0 aromatic heterocycles. The summed E-state index contributed by atoms with van der Waals surface area (Å²) in [6, 6.07) is 4.12. The summed E-state index contributed by atoms with van der Waals surface area (Å²) >= 11 is 0. The van der Waals surface area contributed by atoms with Gasteiger partial charge in [0.15, 0.2) is 0 Å². The Hall–Kier alpha value is -4.00. The fourth-order valence-corrected chi connectivity index (χ4v) is 2.77. The van der Waals surface area contributed by atoms with Gasteiger partial charge in [-0.1, -0.05) is 30.3 Å². The molecule has 13 heteroatoms. The first-order valence-electron chi connectivity index (χ1n) is 9.84. The van der Waals surface area contributed by atoms with Gasteiger partial charge < -0.3 is 37.0 Å². The number of hydrogen-bond donors (Lipinski definition) is 7. The molecule has 0 fully saturated rings. The third-order valence-electron chi connectivity index (χ3n) is 4.39. The minimum absolute atomic E-state index is 0.0302. The van der Waals surface area contributed by atoms with Gasteiger partial charge in [0.2, 0.25) is 17.7 Å². The fraction of sp³-hybridized carbons (Fsp3) is 0.400. The summed E-state index contributed by atoms with van der Waals surface area (Å²) in [5, 5.41) is 33.6. The number of benzene rings is 1. The van der Waals surface area contributed by atoms with Crippen molar-refractivity contribution in [3.63, 3.8) is 0 Å². The molecule has 180 valence electrons. The maximum atomic E-state index is 12.9. The van der Waals surface area contributed by atoms with E-state index < -0.39 is 79.6 Å². The van der Waals surface area contributed by atoms with Gasteiger partial charge in [-0.05, 0) is 12.0 Å². The molecule has 0 saturated heterocycles. The number of carboxylic acids is 3. The van der Waals surface area contributed by atoms with Gasteiger partial charge in [0.1, 0.15) is 18.1 Å². The first-order chi connectivity index (χ1) is 15.5. The molecule has 3 amide bonds. The first kappa shape index (κ1) is 27.0. The zero-order valence-corrected chi connectivity index (χ0v) is 17.5. The Bertz CT molecular complexity index is 876. The number of carbonyl (C=O) groups is 6. The zero-order chi connectivity index (χ0) is 25.0. The van der Waals surface area contributed by atoms with E-state index in [2.05, 4.69) is 10.6 Å². The molecule has 3 unspecified atom stereocenters. The fourth-order valence-electron chi connectivity index (χ4n) is 2.77. The number of aliphatic carboxylic acids is 3. The lowest BCUT2D eigenvalue weighted by Gasteiger charge is -2.24. The molecule has 0 aliphatic heterocycles. The van der Waals surface area contributed by atoms with Crippen molar-refractivity contribution >= 4 is 35.6 Å². The normalized spacial score (nSPS) is 13.1. The quantitative estimate of drug-likeness (QED) is 0.161. The predicted molar refractivity (Wildman–Crippen MR) is 112 cm³/mol. The van der Waals surface area contributed by atoms with E-state index in [1.54, 1.807) is 30.3 Å². The van der Waals surface area contributed by atoms with E-state index >= 15 is 0 Å². The smallest absolute Gasteiger partial charge is 0.326 e. The molecule has 1 rings (SSSR count). The Kier molecular flexibility index (Phi) is 11.0. The van der Waals surface area contributed by atoms with Crippen LogP contribution in [0, 0.1) is 0 Å². The van der Waals surface area contributed by atoms with Crippen LogP contribution in [-0.4, -0.2) is 75.6 Å². The van der Waals surface area contributed by atoms with E-state index in [1.165, 1.54) is 0 Å². The lowest BCUT2D eigenvalue weighted by molar-refractivity contribution is -0.147. The topological polar surface area (TPSA) is 225 Å². The summed E-state index contributed by atoms with van der Waals surface area (Å²) in [6.07, 6.45) is -1.85. The van der Waals surface area contributed by atoms with E-state index in [-0.39, 0.29) is 6.42 Å². The summed E-state index contributed by atoms with van der Waals surface area (Å²) in [7, 11) is 0. The molecule has 1 aromatic rings. The van der Waals surface area contributed by atoms with Crippen molar-refractivity contribution in [2.75, 3.05) is 6.54 Å². The number of carboxylic acid groups (broad SMARTS) is 3. The monoisotopic (exact) mass is 466 g/mol. The highest BCUT2D eigenvalue weighted by molar-refractivity contribution is 5.94. The van der Waals surface area contributed by atoms with Gasteiger partial charge in [-0.2, -0.15) is 0 Å². The van der Waals surface area contributed by atoms with Gasteiger partial charge in [-0.3, -0.25) is 24.0 Å². The SMILES string of the molecule is NCC(=O)NC(Cc1ccccc1)C(=O)NC(CCC(=O)O)C(=O)NC(CC(=O)O)C(=O)O. The Morgan fingerprint density at radius 2 is 1.36 bits per heavy atom. The summed E-state index contributed by atoms with van der Waals surface area (Å²) in [5.41, 5.74) is 5.97. The summed E-state index contributed by atoms with van der Waals surface area (Å²) in [4.78, 5) is 70.2. The van der Waals surface area contributed by atoms with E-state index in [4.69, 9.17) is 21.1 Å². The minimum Gasteiger partial charge on any atom is -0.481 e. The number of nitrogens with two attached hydrogens (primary N) is 1. The lowest BCUT2D eigenvalue weighted by Crippen LogP contribution is -2.57. The lowest BCUT2D eigenvalue weighted by atomic mass is 10.0. The Morgan fingerprint density at radius 1 is 0.788 bits per heavy atom. The molecule has 3 atom stereocenters. The molecule has 33 heavy (non-hydrogen) atoms. The van der Waals surface area contributed by atoms with Gasteiger partial charge in [0.25, 0.3) is 0 Å². The van der Waals surface area contributed by atoms with Crippen molar-refractivity contribution in [1.82, 2.24) is 16.0 Å². The highest BCUT2D eigenvalue weighted by atomic mass is 16.4. The van der Waals surface area contributed by atoms with E-state index in [1.807, 2.05) is 5.32 Å². The summed E-state index contributed by atoms with van der Waals surface area (Å²) in [5.74, 6) is -6.95. The highest BCUT2D eigenvalue weighted by Crippen LogP contribution is 2.06. The van der Waals surface area contributed by atoms with Crippen LogP contribution in [0.3, 0.4) is 0 Å². The van der Waals surface area contributed by atoms with Crippen LogP contribution in [0.15, 0.2) is 30.3 Å². The van der Waals surface area contributed by atoms with Crippen LogP contribution in [0.2, 0.25) is 0 Å². The molecule has 13 nitrogen and oxygen atoms in total. The second kappa shape index (κ2) is 13.4. The van der Waals surface area contributed by atoms with E-state index in [0.29, 0.717) is 5.56 Å². The Balaban J connectivity index is 3.05. The highest BCUT2D eigenvalue weighted by Gasteiger charge is 2.30. The van der Waals surface area contributed by atoms with Gasteiger partial charge >= 0.3 is 17.9 Å². The molecular formula is C20H26N4O9. The zero-order valence-electron chi connectivity index (χ0n) is 17.5. The standard InChI is InChI=1S/C20H26N4O9/c21-10-15(25)22-13(8-11-4-2-1-3-5-11)19(31)23-12(6-7-16(26)27)18(30)24-14(20(32)33)9-17(28)29/h1-5,12-14H,6-10,21H2,(H,22,25)(H,23,31)(H,24,30)(H,26,27)(H,28,29)(H,32,33). The largest absolute Gasteiger partial charge is 0.481 e. The van der Waals surface area contributed by atoms with Gasteiger partial charge in [0, 0.05) is 12.8 Å². The van der Waals surface area contributed by atoms with Crippen LogP contribution in [-0.2, 0) is 35.2 Å². The van der Waals surface area contributed by atoms with Crippen LogP contribution in [0.4, 0.5) is 0 Å². The van der Waals surface area contributed by atoms with Crippen LogP contribution in [0.5, 0.6) is 0 Å². The molecular weight excluding hydrogens is 440 g/mol. The van der Waals surface area contributed by atoms with Crippen molar-refractivity contribution in [2.45, 2.75) is 43.8 Å². The average Bonchev–Trinajstić information content (AvgIpc) is 2.75. The molecule has 1 aromatic carbocycles. The number of amides is 3. The van der Waals surface area contributed by atoms with Gasteiger partial charge in [-0.25, -0.2) is 4.79 Å². The van der Waals surface area contributed by atoms with Crippen LogP contribution in [0.25, 0.3) is 0 Å². The maximum absolute atomic E-state index is 12.9. The molecule has 0 saturated carbocycles. The molecule has 8 N–H and O–H groups in total. The Labute approximate surface area is 188 Å². The van der Waals surface area contributed by atoms with E-state index in [0.717, 1.165) is 0 Å². The number of carbonyl (C=O) groups excluding carboxylic acids is 3. The van der Waals surface area contributed by atoms with Crippen LogP contribution in [0.1, 0.15) is 24.8 Å². The molecule has 0 aliphatic rings. The third kappa shape index (κ3) is 10.2. The Morgan fingerprint density at radius 3 is 1.88 bits per heavy atom. The van der Waals surface area contributed by atoms with Crippen LogP contribution >= 0.6 is 0 Å². The third-order valence-corrected chi connectivity index (χ3v) is 4.39. The van der Waals surface area contributed by atoms with Gasteiger partial charge in [-0.15, -0.1) is 0 Å². The molecule has 0 spiro atoms. The van der Waals surface area contributed by atoms with Crippen molar-refractivity contribution in [2.24, 2.45) is 5.73 Å². The van der Waals surface area contributed by atoms with Crippen LogP contribution < -0.4 is 21.7 Å². The number of rotatable bonds is 14.